The normalized spacial score (nSPS) is 10.4. The zero-order valence-corrected chi connectivity index (χ0v) is 11.4. The summed E-state index contributed by atoms with van der Waals surface area (Å²) in [7, 11) is 1.85. The van der Waals surface area contributed by atoms with E-state index in [9.17, 15) is 4.39 Å². The van der Waals surface area contributed by atoms with Crippen LogP contribution in [0.15, 0.2) is 41.0 Å². The Morgan fingerprint density at radius 2 is 2.22 bits per heavy atom. The molecular weight excluding hydrogens is 299 g/mol. The largest absolute Gasteiger partial charge is 0.439 e. The first kappa shape index (κ1) is 13.0. The molecule has 2 aromatic rings. The Labute approximate surface area is 113 Å². The van der Waals surface area contributed by atoms with Gasteiger partial charge in [-0.05, 0) is 47.2 Å². The van der Waals surface area contributed by atoms with E-state index in [0.29, 0.717) is 22.6 Å². The van der Waals surface area contributed by atoms with Gasteiger partial charge in [0.25, 0.3) is 0 Å². The minimum atomic E-state index is -0.321. The molecule has 0 aliphatic heterocycles. The Morgan fingerprint density at radius 3 is 2.94 bits per heavy atom. The molecule has 1 aromatic carbocycles. The highest BCUT2D eigenvalue weighted by atomic mass is 79.9. The van der Waals surface area contributed by atoms with Crippen molar-refractivity contribution in [2.75, 3.05) is 7.05 Å². The van der Waals surface area contributed by atoms with Crippen LogP contribution in [-0.4, -0.2) is 12.0 Å². The Morgan fingerprint density at radius 1 is 1.39 bits per heavy atom. The second-order valence-corrected chi connectivity index (χ2v) is 4.53. The molecule has 0 aliphatic carbocycles. The summed E-state index contributed by atoms with van der Waals surface area (Å²) >= 11 is 3.12. The third kappa shape index (κ3) is 3.05. The van der Waals surface area contributed by atoms with Gasteiger partial charge in [-0.1, -0.05) is 6.07 Å². The van der Waals surface area contributed by atoms with Crippen LogP contribution in [-0.2, 0) is 6.54 Å². The molecule has 0 atom stereocenters. The molecule has 3 nitrogen and oxygen atoms in total. The molecule has 0 fully saturated rings. The van der Waals surface area contributed by atoms with Crippen molar-refractivity contribution < 1.29 is 9.13 Å². The molecule has 0 aliphatic rings. The summed E-state index contributed by atoms with van der Waals surface area (Å²) in [5.41, 5.74) is 0.945. The van der Waals surface area contributed by atoms with Crippen molar-refractivity contribution in [3.05, 3.63) is 52.4 Å². The predicted octanol–water partition coefficient (Wildman–Crippen LogP) is 3.49. The van der Waals surface area contributed by atoms with Crippen LogP contribution in [0, 0.1) is 5.82 Å². The van der Waals surface area contributed by atoms with Gasteiger partial charge in [-0.3, -0.25) is 0 Å². The van der Waals surface area contributed by atoms with Crippen LogP contribution in [0.3, 0.4) is 0 Å². The maximum atomic E-state index is 13.1. The summed E-state index contributed by atoms with van der Waals surface area (Å²) in [5, 5.41) is 3.04. The van der Waals surface area contributed by atoms with Crippen LogP contribution in [0.4, 0.5) is 4.39 Å². The second kappa shape index (κ2) is 5.93. The predicted molar refractivity (Wildman–Crippen MR) is 71.2 cm³/mol. The van der Waals surface area contributed by atoms with Crippen LogP contribution in [0.25, 0.3) is 0 Å². The molecule has 0 saturated heterocycles. The van der Waals surface area contributed by atoms with Crippen LogP contribution in [0.2, 0.25) is 0 Å². The number of nitrogens with zero attached hydrogens (tertiary/aromatic N) is 1. The standard InChI is InChI=1S/C13H12BrFN2O/c1-16-8-9-3-2-6-17-13(9)18-10-4-5-12(15)11(14)7-10/h2-7,16H,8H2,1H3. The number of ether oxygens (including phenoxy) is 1. The van der Waals surface area contributed by atoms with Gasteiger partial charge in [-0.2, -0.15) is 0 Å². The lowest BCUT2D eigenvalue weighted by Crippen LogP contribution is -2.07. The molecule has 18 heavy (non-hydrogen) atoms. The number of benzene rings is 1. The van der Waals surface area contributed by atoms with E-state index in [2.05, 4.69) is 26.2 Å². The van der Waals surface area contributed by atoms with Gasteiger partial charge < -0.3 is 10.1 Å². The molecule has 94 valence electrons. The summed E-state index contributed by atoms with van der Waals surface area (Å²) in [4.78, 5) is 4.17. The molecule has 5 heteroatoms. The van der Waals surface area contributed by atoms with Crippen LogP contribution >= 0.6 is 15.9 Å². The molecular formula is C13H12BrFN2O. The maximum absolute atomic E-state index is 13.1. The van der Waals surface area contributed by atoms with Crippen molar-refractivity contribution in [2.24, 2.45) is 0 Å². The topological polar surface area (TPSA) is 34.2 Å². The molecule has 0 amide bonds. The van der Waals surface area contributed by atoms with Crippen LogP contribution < -0.4 is 10.1 Å². The average molecular weight is 311 g/mol. The lowest BCUT2D eigenvalue weighted by molar-refractivity contribution is 0.452. The highest BCUT2D eigenvalue weighted by molar-refractivity contribution is 9.10. The van der Waals surface area contributed by atoms with E-state index in [0.717, 1.165) is 5.56 Å². The fourth-order valence-corrected chi connectivity index (χ4v) is 1.85. The first-order valence-corrected chi connectivity index (χ1v) is 6.21. The monoisotopic (exact) mass is 310 g/mol. The van der Waals surface area contributed by atoms with E-state index in [4.69, 9.17) is 4.74 Å². The fraction of sp³-hybridized carbons (Fsp3) is 0.154. The first-order valence-electron chi connectivity index (χ1n) is 5.42. The summed E-state index contributed by atoms with van der Waals surface area (Å²) in [6.07, 6.45) is 1.66. The zero-order chi connectivity index (χ0) is 13.0. The molecule has 1 N–H and O–H groups in total. The highest BCUT2D eigenvalue weighted by Gasteiger charge is 2.07. The molecule has 0 bridgehead atoms. The third-order valence-corrected chi connectivity index (χ3v) is 2.93. The first-order chi connectivity index (χ1) is 8.70. The van der Waals surface area contributed by atoms with Crippen molar-refractivity contribution in [1.29, 1.82) is 0 Å². The molecule has 1 heterocycles. The zero-order valence-electron chi connectivity index (χ0n) is 9.78. The van der Waals surface area contributed by atoms with Gasteiger partial charge in [0.2, 0.25) is 5.88 Å². The van der Waals surface area contributed by atoms with Crippen molar-refractivity contribution in [2.45, 2.75) is 6.54 Å². The summed E-state index contributed by atoms with van der Waals surface area (Å²) in [6, 6.07) is 8.27. The highest BCUT2D eigenvalue weighted by Crippen LogP contribution is 2.27. The van der Waals surface area contributed by atoms with Gasteiger partial charge >= 0.3 is 0 Å². The second-order valence-electron chi connectivity index (χ2n) is 3.68. The van der Waals surface area contributed by atoms with Crippen molar-refractivity contribution in [3.8, 4) is 11.6 Å². The van der Waals surface area contributed by atoms with Gasteiger partial charge in [0.05, 0.1) is 4.47 Å². The number of nitrogens with one attached hydrogen (secondary N) is 1. The van der Waals surface area contributed by atoms with Gasteiger partial charge in [-0.25, -0.2) is 9.37 Å². The van der Waals surface area contributed by atoms with E-state index in [-0.39, 0.29) is 5.82 Å². The Kier molecular flexibility index (Phi) is 4.28. The molecule has 0 spiro atoms. The number of pyridine rings is 1. The third-order valence-electron chi connectivity index (χ3n) is 2.32. The number of aromatic nitrogens is 1. The minimum absolute atomic E-state index is 0.321. The Bertz CT molecular complexity index is 548. The molecule has 0 radical (unpaired) electrons. The molecule has 1 aromatic heterocycles. The van der Waals surface area contributed by atoms with E-state index >= 15 is 0 Å². The average Bonchev–Trinajstić information content (AvgIpc) is 2.37. The number of halogens is 2. The van der Waals surface area contributed by atoms with Gasteiger partial charge in [0, 0.05) is 18.3 Å². The summed E-state index contributed by atoms with van der Waals surface area (Å²) in [5.74, 6) is 0.739. The summed E-state index contributed by atoms with van der Waals surface area (Å²) < 4.78 is 19.1. The molecule has 0 saturated carbocycles. The number of hydrogen-bond donors (Lipinski definition) is 1. The fourth-order valence-electron chi connectivity index (χ4n) is 1.49. The van der Waals surface area contributed by atoms with Crippen LogP contribution in [0.1, 0.15) is 5.56 Å². The van der Waals surface area contributed by atoms with E-state index in [1.54, 1.807) is 18.3 Å². The van der Waals surface area contributed by atoms with Gasteiger partial charge in [0.1, 0.15) is 11.6 Å². The Balaban J connectivity index is 2.25. The molecule has 0 unspecified atom stereocenters. The number of hydrogen-bond acceptors (Lipinski definition) is 3. The van der Waals surface area contributed by atoms with Crippen molar-refractivity contribution >= 4 is 15.9 Å². The van der Waals surface area contributed by atoms with E-state index in [1.165, 1.54) is 6.07 Å². The smallest absolute Gasteiger partial charge is 0.223 e. The van der Waals surface area contributed by atoms with Crippen molar-refractivity contribution in [3.63, 3.8) is 0 Å². The quantitative estimate of drug-likeness (QED) is 0.938. The van der Waals surface area contributed by atoms with E-state index < -0.39 is 0 Å². The van der Waals surface area contributed by atoms with Gasteiger partial charge in [-0.15, -0.1) is 0 Å². The maximum Gasteiger partial charge on any atom is 0.223 e. The molecule has 2 rings (SSSR count). The van der Waals surface area contributed by atoms with Crippen LogP contribution in [0.5, 0.6) is 11.6 Å². The lowest BCUT2D eigenvalue weighted by Gasteiger charge is -2.09. The SMILES string of the molecule is CNCc1cccnc1Oc1ccc(F)c(Br)c1. The lowest BCUT2D eigenvalue weighted by atomic mass is 10.2. The van der Waals surface area contributed by atoms with E-state index in [1.807, 2.05) is 19.2 Å². The number of rotatable bonds is 4. The summed E-state index contributed by atoms with van der Waals surface area (Å²) in [6.45, 7) is 0.658. The Hall–Kier alpha value is -1.46. The van der Waals surface area contributed by atoms with Crippen molar-refractivity contribution in [1.82, 2.24) is 10.3 Å². The van der Waals surface area contributed by atoms with Gasteiger partial charge in [0.15, 0.2) is 0 Å². The minimum Gasteiger partial charge on any atom is -0.439 e.